The van der Waals surface area contributed by atoms with Crippen LogP contribution in [0.4, 0.5) is 4.79 Å². The Balaban J connectivity index is 0.00000126. The van der Waals surface area contributed by atoms with Gasteiger partial charge in [-0.3, -0.25) is 9.69 Å². The first-order valence-electron chi connectivity index (χ1n) is 9.62. The van der Waals surface area contributed by atoms with Gasteiger partial charge in [0.05, 0.1) is 20.8 Å². The number of methoxy groups -OCH3 is 2. The molecule has 1 N–H and O–H groups in total. The van der Waals surface area contributed by atoms with Gasteiger partial charge in [0.1, 0.15) is 17.0 Å². The van der Waals surface area contributed by atoms with E-state index in [1.54, 1.807) is 25.2 Å². The second-order valence-electron chi connectivity index (χ2n) is 6.42. The molecule has 2 aliphatic rings. The van der Waals surface area contributed by atoms with Crippen molar-refractivity contribution in [1.82, 2.24) is 15.1 Å². The number of urea groups is 1. The summed E-state index contributed by atoms with van der Waals surface area (Å²) < 4.78 is 10.6. The van der Waals surface area contributed by atoms with Gasteiger partial charge in [-0.1, -0.05) is 13.8 Å². The molecule has 0 aromatic heterocycles. The van der Waals surface area contributed by atoms with Crippen molar-refractivity contribution in [2.45, 2.75) is 45.7 Å². The third-order valence-corrected chi connectivity index (χ3v) is 5.12. The van der Waals surface area contributed by atoms with Gasteiger partial charge in [0.25, 0.3) is 5.91 Å². The summed E-state index contributed by atoms with van der Waals surface area (Å²) in [6, 6.07) is 5.21. The Bertz CT molecular complexity index is 649. The van der Waals surface area contributed by atoms with E-state index in [2.05, 4.69) is 5.32 Å². The number of piperidine rings is 1. The van der Waals surface area contributed by atoms with E-state index in [0.717, 1.165) is 18.7 Å². The van der Waals surface area contributed by atoms with E-state index in [1.807, 2.05) is 32.9 Å². The van der Waals surface area contributed by atoms with Gasteiger partial charge >= 0.3 is 6.03 Å². The lowest BCUT2D eigenvalue weighted by Gasteiger charge is -2.37. The molecular formula is C20H31N3O4. The summed E-state index contributed by atoms with van der Waals surface area (Å²) in [5.74, 6) is 1.18. The zero-order chi connectivity index (χ0) is 20.0. The van der Waals surface area contributed by atoms with E-state index in [9.17, 15) is 9.59 Å². The number of nitrogens with zero attached hydrogens (tertiary/aromatic N) is 2. The largest absolute Gasteiger partial charge is 0.497 e. The average molecular weight is 377 g/mol. The van der Waals surface area contributed by atoms with Crippen molar-refractivity contribution >= 4 is 11.9 Å². The predicted molar refractivity (Wildman–Crippen MR) is 104 cm³/mol. The van der Waals surface area contributed by atoms with Crippen LogP contribution in [-0.2, 0) is 11.3 Å². The van der Waals surface area contributed by atoms with Crippen molar-refractivity contribution in [1.29, 1.82) is 0 Å². The minimum atomic E-state index is -0.694. The monoisotopic (exact) mass is 377 g/mol. The number of hydrogen-bond acceptors (Lipinski definition) is 5. The van der Waals surface area contributed by atoms with Crippen molar-refractivity contribution < 1.29 is 19.1 Å². The summed E-state index contributed by atoms with van der Waals surface area (Å²) in [5, 5.41) is 3.27. The molecule has 1 spiro atoms. The second-order valence-corrected chi connectivity index (χ2v) is 6.42. The Hall–Kier alpha value is -2.28. The number of hydrogen-bond donors (Lipinski definition) is 1. The highest BCUT2D eigenvalue weighted by atomic mass is 16.5. The summed E-state index contributed by atoms with van der Waals surface area (Å²) in [5.41, 5.74) is 0.111. The quantitative estimate of drug-likeness (QED) is 0.799. The van der Waals surface area contributed by atoms with Crippen molar-refractivity contribution in [3.05, 3.63) is 23.8 Å². The molecule has 7 nitrogen and oxygen atoms in total. The third-order valence-electron chi connectivity index (χ3n) is 5.12. The Kier molecular flexibility index (Phi) is 7.07. The highest BCUT2D eigenvalue weighted by molar-refractivity contribution is 6.07. The lowest BCUT2D eigenvalue weighted by molar-refractivity contribution is -0.134. The average Bonchev–Trinajstić information content (AvgIpc) is 2.90. The molecule has 27 heavy (non-hydrogen) atoms. The maximum absolute atomic E-state index is 13.1. The molecule has 0 bridgehead atoms. The van der Waals surface area contributed by atoms with Gasteiger partial charge in [0.15, 0.2) is 0 Å². The summed E-state index contributed by atoms with van der Waals surface area (Å²) in [7, 11) is 3.15. The number of rotatable bonds is 5. The zero-order valence-corrected chi connectivity index (χ0v) is 17.0. The molecule has 2 aliphatic heterocycles. The van der Waals surface area contributed by atoms with Crippen LogP contribution in [0, 0.1) is 0 Å². The number of ether oxygens (including phenoxy) is 2. The maximum atomic E-state index is 13.1. The second kappa shape index (κ2) is 9.08. The summed E-state index contributed by atoms with van der Waals surface area (Å²) >= 11 is 0. The number of benzene rings is 1. The molecule has 3 amide bonds. The molecule has 0 atom stereocenters. The SMILES string of the molecule is CC.CCN1C(=O)N(Cc2cc(OC)cc(OC)c2)C(=O)C12CCNCC2. The van der Waals surface area contributed by atoms with Crippen LogP contribution in [0.25, 0.3) is 0 Å². The van der Waals surface area contributed by atoms with E-state index in [-0.39, 0.29) is 18.5 Å². The molecule has 7 heteroatoms. The van der Waals surface area contributed by atoms with Gasteiger partial charge in [-0.25, -0.2) is 4.79 Å². The fourth-order valence-electron chi connectivity index (χ4n) is 3.82. The minimum Gasteiger partial charge on any atom is -0.497 e. The van der Waals surface area contributed by atoms with E-state index in [1.165, 1.54) is 4.90 Å². The third kappa shape index (κ3) is 3.88. The lowest BCUT2D eigenvalue weighted by Crippen LogP contribution is -2.55. The van der Waals surface area contributed by atoms with Crippen LogP contribution in [0.1, 0.15) is 39.2 Å². The van der Waals surface area contributed by atoms with Crippen LogP contribution in [0.2, 0.25) is 0 Å². The number of imide groups is 1. The molecule has 0 saturated carbocycles. The van der Waals surface area contributed by atoms with Gasteiger partial charge in [-0.2, -0.15) is 0 Å². The Morgan fingerprint density at radius 2 is 1.59 bits per heavy atom. The van der Waals surface area contributed by atoms with Crippen LogP contribution >= 0.6 is 0 Å². The van der Waals surface area contributed by atoms with E-state index < -0.39 is 5.54 Å². The first-order valence-corrected chi connectivity index (χ1v) is 9.62. The summed E-state index contributed by atoms with van der Waals surface area (Å²) in [4.78, 5) is 29.1. The summed E-state index contributed by atoms with van der Waals surface area (Å²) in [6.45, 7) is 8.17. The number of likely N-dealkylation sites (N-methyl/N-ethyl adjacent to an activating group) is 1. The highest BCUT2D eigenvalue weighted by Crippen LogP contribution is 2.36. The smallest absolute Gasteiger partial charge is 0.327 e. The molecule has 1 aromatic rings. The van der Waals surface area contributed by atoms with Crippen molar-refractivity contribution in [3.63, 3.8) is 0 Å². The molecule has 0 unspecified atom stereocenters. The molecule has 0 radical (unpaired) electrons. The maximum Gasteiger partial charge on any atom is 0.327 e. The first-order chi connectivity index (χ1) is 13.1. The Morgan fingerprint density at radius 3 is 2.07 bits per heavy atom. The lowest BCUT2D eigenvalue weighted by atomic mass is 9.86. The van der Waals surface area contributed by atoms with Crippen LogP contribution in [0.15, 0.2) is 18.2 Å². The zero-order valence-electron chi connectivity index (χ0n) is 17.0. The van der Waals surface area contributed by atoms with Gasteiger partial charge in [0.2, 0.25) is 0 Å². The molecule has 1 aromatic carbocycles. The topological polar surface area (TPSA) is 71.1 Å². The van der Waals surface area contributed by atoms with E-state index >= 15 is 0 Å². The van der Waals surface area contributed by atoms with Gasteiger partial charge in [-0.05, 0) is 50.6 Å². The molecule has 3 rings (SSSR count). The van der Waals surface area contributed by atoms with Crippen LogP contribution in [-0.4, -0.2) is 61.1 Å². The number of nitrogens with one attached hydrogen (secondary N) is 1. The van der Waals surface area contributed by atoms with Crippen molar-refractivity contribution in [2.75, 3.05) is 33.9 Å². The molecule has 150 valence electrons. The number of carbonyl (C=O) groups is 2. The van der Waals surface area contributed by atoms with Crippen LogP contribution in [0.3, 0.4) is 0 Å². The Morgan fingerprint density at radius 1 is 1.04 bits per heavy atom. The standard InChI is InChI=1S/C18H25N3O4.C2H6/c1-4-21-17(23)20(16(22)18(21)5-7-19-8-6-18)12-13-9-14(24-2)11-15(10-13)25-3;1-2/h9-11,19H,4-8,12H2,1-3H3;1-2H3. The molecule has 2 fully saturated rings. The number of amides is 3. The van der Waals surface area contributed by atoms with E-state index in [4.69, 9.17) is 9.47 Å². The van der Waals surface area contributed by atoms with Gasteiger partial charge in [-0.15, -0.1) is 0 Å². The minimum absolute atomic E-state index is 0.0948. The molecule has 2 heterocycles. The highest BCUT2D eigenvalue weighted by Gasteiger charge is 2.56. The molecular weight excluding hydrogens is 346 g/mol. The fraction of sp³-hybridized carbons (Fsp3) is 0.600. The van der Waals surface area contributed by atoms with Crippen LogP contribution in [0.5, 0.6) is 11.5 Å². The Labute approximate surface area is 161 Å². The first kappa shape index (κ1) is 21.0. The van der Waals surface area contributed by atoms with Gasteiger partial charge in [0, 0.05) is 12.6 Å². The molecule has 0 aliphatic carbocycles. The van der Waals surface area contributed by atoms with Crippen LogP contribution < -0.4 is 14.8 Å². The summed E-state index contributed by atoms with van der Waals surface area (Å²) in [6.07, 6.45) is 1.31. The van der Waals surface area contributed by atoms with Gasteiger partial charge < -0.3 is 19.7 Å². The molecule has 2 saturated heterocycles. The number of carbonyl (C=O) groups excluding carboxylic acids is 2. The van der Waals surface area contributed by atoms with Crippen molar-refractivity contribution in [3.8, 4) is 11.5 Å². The normalized spacial score (nSPS) is 18.4. The van der Waals surface area contributed by atoms with E-state index in [0.29, 0.717) is 30.9 Å². The predicted octanol–water partition coefficient (Wildman–Crippen LogP) is 2.64. The fourth-order valence-corrected chi connectivity index (χ4v) is 3.82. The van der Waals surface area contributed by atoms with Crippen molar-refractivity contribution in [2.24, 2.45) is 0 Å².